The Hall–Kier alpha value is -5.06. The highest BCUT2D eigenvalue weighted by molar-refractivity contribution is 6.35. The van der Waals surface area contributed by atoms with Crippen LogP contribution < -0.4 is 9.64 Å². The summed E-state index contributed by atoms with van der Waals surface area (Å²) in [6, 6.07) is 14.0. The van der Waals surface area contributed by atoms with Gasteiger partial charge in [-0.2, -0.15) is 10.2 Å². The van der Waals surface area contributed by atoms with E-state index in [9.17, 15) is 0 Å². The molecule has 0 spiro atoms. The lowest BCUT2D eigenvalue weighted by molar-refractivity contribution is 0.0957. The van der Waals surface area contributed by atoms with Gasteiger partial charge in [0, 0.05) is 76.6 Å². The number of aromatic nitrogens is 7. The molecule has 12 heteroatoms. The zero-order valence-electron chi connectivity index (χ0n) is 30.3. The number of carbonyl (C=O) groups is 1. The first-order chi connectivity index (χ1) is 24.9. The summed E-state index contributed by atoms with van der Waals surface area (Å²) >= 11 is 13.5. The number of aromatic amines is 1. The third-order valence-corrected chi connectivity index (χ3v) is 11.4. The third kappa shape index (κ3) is 5.38. The lowest BCUT2D eigenvalue weighted by atomic mass is 9.98. The number of benzene rings is 3. The van der Waals surface area contributed by atoms with Crippen molar-refractivity contribution in [2.45, 2.75) is 53.5 Å². The summed E-state index contributed by atoms with van der Waals surface area (Å²) in [5.74, 6) is 1.34. The monoisotopic (exact) mass is 734 g/mol. The summed E-state index contributed by atoms with van der Waals surface area (Å²) in [6.45, 7) is 11.2. The Kier molecular flexibility index (Phi) is 8.42. The molecule has 0 radical (unpaired) electrons. The van der Waals surface area contributed by atoms with E-state index in [1.165, 1.54) is 0 Å². The third-order valence-electron chi connectivity index (χ3n) is 10.5. The highest BCUT2D eigenvalue weighted by Gasteiger charge is 2.37. The molecule has 1 atom stereocenters. The zero-order chi connectivity index (χ0) is 36.6. The molecule has 0 bridgehead atoms. The van der Waals surface area contributed by atoms with Crippen molar-refractivity contribution in [1.29, 1.82) is 0 Å². The van der Waals surface area contributed by atoms with Gasteiger partial charge >= 0.3 is 0 Å². The lowest BCUT2D eigenvalue weighted by Gasteiger charge is -2.34. The summed E-state index contributed by atoms with van der Waals surface area (Å²) in [6.07, 6.45) is 4.95. The average Bonchev–Trinajstić information content (AvgIpc) is 3.89. The minimum absolute atomic E-state index is 0.0494. The predicted octanol–water partition coefficient (Wildman–Crippen LogP) is 9.09. The minimum atomic E-state index is -0.0684. The highest BCUT2D eigenvalue weighted by Crippen LogP contribution is 2.46. The molecule has 1 unspecified atom stereocenters. The molecule has 7 aromatic rings. The smallest absolute Gasteiger partial charge is 0.275 e. The molecule has 8 rings (SSSR count). The number of H-pyrrole nitrogens is 1. The van der Waals surface area contributed by atoms with Crippen LogP contribution in [0.1, 0.15) is 58.0 Å². The van der Waals surface area contributed by atoms with Crippen molar-refractivity contribution >= 4 is 56.6 Å². The zero-order valence-corrected chi connectivity index (χ0v) is 31.8. The van der Waals surface area contributed by atoms with E-state index < -0.39 is 0 Å². The Morgan fingerprint density at radius 2 is 1.75 bits per heavy atom. The number of nitrogens with one attached hydrogen (secondary N) is 1. The quantitative estimate of drug-likeness (QED) is 0.157. The number of rotatable bonds is 8. The van der Waals surface area contributed by atoms with Gasteiger partial charge in [0.15, 0.2) is 5.82 Å². The van der Waals surface area contributed by atoms with Crippen LogP contribution in [0, 0.1) is 27.7 Å². The van der Waals surface area contributed by atoms with E-state index in [-0.39, 0.29) is 11.9 Å². The molecule has 0 saturated heterocycles. The van der Waals surface area contributed by atoms with Crippen LogP contribution in [0.3, 0.4) is 0 Å². The van der Waals surface area contributed by atoms with Crippen LogP contribution in [0.5, 0.6) is 5.75 Å². The SMILES string of the molecule is Cc1cc(OCCCc2c3n(c4c(-c5c(C)nn(C)c5C)c(Cl)ccc24)C(C)CN(c2cn(C)c4ccc(-c5nc[nH]n5)cc24)C3=O)cc(C)c1Cl. The van der Waals surface area contributed by atoms with E-state index in [0.717, 1.165) is 83.0 Å². The maximum Gasteiger partial charge on any atom is 0.275 e. The van der Waals surface area contributed by atoms with Crippen LogP contribution in [0.4, 0.5) is 5.69 Å². The molecular weight excluding hydrogens is 695 g/mol. The molecule has 1 aliphatic rings. The Morgan fingerprint density at radius 3 is 2.44 bits per heavy atom. The van der Waals surface area contributed by atoms with Crippen LogP contribution in [0.15, 0.2) is 55.0 Å². The number of fused-ring (bicyclic) bond motifs is 4. The molecule has 52 heavy (non-hydrogen) atoms. The Bertz CT molecular complexity index is 2520. The van der Waals surface area contributed by atoms with Crippen molar-refractivity contribution in [3.63, 3.8) is 0 Å². The molecular formula is C40H40Cl2N8O2. The van der Waals surface area contributed by atoms with Gasteiger partial charge in [0.25, 0.3) is 5.91 Å². The number of nitrogens with zero attached hydrogens (tertiary/aromatic N) is 7. The number of carbonyl (C=O) groups excluding carboxylic acids is 1. The largest absolute Gasteiger partial charge is 0.494 e. The number of aryl methyl sites for hydroxylation is 6. The van der Waals surface area contributed by atoms with Crippen LogP contribution in [0.25, 0.3) is 44.3 Å². The standard InChI is InChI=1S/C40H40Cl2N8O2/c1-21-15-27(16-22(2)36(21)42)52-14-8-9-28-29-11-12-31(41)35(34-24(4)46-48(7)25(34)5)37(29)50-23(3)18-49(40(51)38(28)50)33-19-47(6)32-13-10-26(17-30(32)33)39-43-20-44-45-39/h10-13,15-17,19-20,23H,8-9,14,18H2,1-7H3,(H,43,44,45). The van der Waals surface area contributed by atoms with Crippen molar-refractivity contribution in [3.8, 4) is 28.3 Å². The average molecular weight is 736 g/mol. The summed E-state index contributed by atoms with van der Waals surface area (Å²) < 4.78 is 12.4. The first-order valence-corrected chi connectivity index (χ1v) is 18.2. The van der Waals surface area contributed by atoms with Gasteiger partial charge in [0.1, 0.15) is 17.8 Å². The van der Waals surface area contributed by atoms with Gasteiger partial charge in [-0.25, -0.2) is 4.98 Å². The first-order valence-electron chi connectivity index (χ1n) is 17.5. The minimum Gasteiger partial charge on any atom is -0.494 e. The molecule has 1 amide bonds. The molecule has 3 aromatic carbocycles. The molecule has 0 fully saturated rings. The van der Waals surface area contributed by atoms with E-state index in [1.54, 1.807) is 6.33 Å². The van der Waals surface area contributed by atoms with Gasteiger partial charge in [-0.05, 0) is 101 Å². The van der Waals surface area contributed by atoms with Gasteiger partial charge in [-0.15, -0.1) is 0 Å². The fraction of sp³-hybridized carbons (Fsp3) is 0.300. The van der Waals surface area contributed by atoms with Crippen LogP contribution in [-0.2, 0) is 20.5 Å². The molecule has 266 valence electrons. The Labute approximate surface area is 311 Å². The molecule has 4 aromatic heterocycles. The Morgan fingerprint density at radius 1 is 0.981 bits per heavy atom. The van der Waals surface area contributed by atoms with Crippen molar-refractivity contribution < 1.29 is 9.53 Å². The summed E-state index contributed by atoms with van der Waals surface area (Å²) in [4.78, 5) is 21.4. The van der Waals surface area contributed by atoms with Gasteiger partial charge in [-0.3, -0.25) is 14.6 Å². The molecule has 0 saturated carbocycles. The van der Waals surface area contributed by atoms with Crippen LogP contribution >= 0.6 is 23.2 Å². The normalized spacial score (nSPS) is 14.6. The molecule has 10 nitrogen and oxygen atoms in total. The molecule has 1 N–H and O–H groups in total. The lowest BCUT2D eigenvalue weighted by Crippen LogP contribution is -2.42. The number of hydrogen-bond acceptors (Lipinski definition) is 5. The fourth-order valence-corrected chi connectivity index (χ4v) is 8.37. The number of halogens is 2. The fourth-order valence-electron chi connectivity index (χ4n) is 8.01. The van der Waals surface area contributed by atoms with Crippen molar-refractivity contribution in [2.24, 2.45) is 14.1 Å². The van der Waals surface area contributed by atoms with E-state index in [1.807, 2.05) is 74.9 Å². The topological polar surface area (TPSA) is 98.8 Å². The maximum atomic E-state index is 15.1. The second-order valence-corrected chi connectivity index (χ2v) is 14.7. The number of amides is 1. The summed E-state index contributed by atoms with van der Waals surface area (Å²) in [5, 5.41) is 15.2. The maximum absolute atomic E-state index is 15.1. The number of ether oxygens (including phenoxy) is 1. The summed E-state index contributed by atoms with van der Waals surface area (Å²) in [5.41, 5.74) is 11.1. The second kappa shape index (κ2) is 12.9. The van der Waals surface area contributed by atoms with Crippen LogP contribution in [0.2, 0.25) is 10.0 Å². The van der Waals surface area contributed by atoms with E-state index in [0.29, 0.717) is 42.5 Å². The van der Waals surface area contributed by atoms with E-state index >= 15 is 4.79 Å². The number of hydrogen-bond donors (Lipinski definition) is 1. The number of anilines is 1. The van der Waals surface area contributed by atoms with Gasteiger partial charge in [-0.1, -0.05) is 29.3 Å². The summed E-state index contributed by atoms with van der Waals surface area (Å²) in [7, 11) is 3.96. The van der Waals surface area contributed by atoms with Gasteiger partial charge in [0.05, 0.1) is 28.5 Å². The molecule has 5 heterocycles. The molecule has 1 aliphatic heterocycles. The highest BCUT2D eigenvalue weighted by atomic mass is 35.5. The predicted molar refractivity (Wildman–Crippen MR) is 208 cm³/mol. The first kappa shape index (κ1) is 34.0. The van der Waals surface area contributed by atoms with Crippen molar-refractivity contribution in [2.75, 3.05) is 18.1 Å². The van der Waals surface area contributed by atoms with Crippen molar-refractivity contribution in [1.82, 2.24) is 34.1 Å². The van der Waals surface area contributed by atoms with E-state index in [4.69, 9.17) is 33.0 Å². The van der Waals surface area contributed by atoms with Crippen LogP contribution in [-0.4, -0.2) is 53.2 Å². The molecule has 0 aliphatic carbocycles. The van der Waals surface area contributed by atoms with Gasteiger partial charge in [0.2, 0.25) is 0 Å². The van der Waals surface area contributed by atoms with Gasteiger partial charge < -0.3 is 18.8 Å². The van der Waals surface area contributed by atoms with Crippen molar-refractivity contribution in [3.05, 3.63) is 98.8 Å². The Balaban J connectivity index is 1.26. The van der Waals surface area contributed by atoms with E-state index in [2.05, 4.69) is 56.4 Å². The second-order valence-electron chi connectivity index (χ2n) is 14.0.